The van der Waals surface area contributed by atoms with Gasteiger partial charge in [-0.2, -0.15) is 0 Å². The number of ether oxygens (including phenoxy) is 1. The van der Waals surface area contributed by atoms with Crippen LogP contribution in [0.2, 0.25) is 5.02 Å². The second-order valence-corrected chi connectivity index (χ2v) is 5.71. The van der Waals surface area contributed by atoms with E-state index in [0.29, 0.717) is 17.2 Å². The van der Waals surface area contributed by atoms with Gasteiger partial charge in [-0.05, 0) is 31.0 Å². The third-order valence-electron chi connectivity index (χ3n) is 3.89. The molecule has 1 saturated carbocycles. The molecule has 2 N–H and O–H groups in total. The number of benzene rings is 1. The van der Waals surface area contributed by atoms with Crippen molar-refractivity contribution in [3.8, 4) is 5.75 Å². The second-order valence-electron chi connectivity index (χ2n) is 5.27. The van der Waals surface area contributed by atoms with Crippen LogP contribution in [0.1, 0.15) is 37.7 Å². The predicted octanol–water partition coefficient (Wildman–Crippen LogP) is 3.12. The summed E-state index contributed by atoms with van der Waals surface area (Å²) in [5.74, 6) is 0.782. The summed E-state index contributed by atoms with van der Waals surface area (Å²) >= 11 is 5.98. The van der Waals surface area contributed by atoms with E-state index >= 15 is 0 Å². The highest BCUT2D eigenvalue weighted by atomic mass is 35.5. The Labute approximate surface area is 119 Å². The van der Waals surface area contributed by atoms with Crippen LogP contribution in [0.4, 0.5) is 0 Å². The van der Waals surface area contributed by atoms with Crippen molar-refractivity contribution in [1.82, 2.24) is 0 Å². The number of carbonyl (C=O) groups excluding carboxylic acids is 1. The van der Waals surface area contributed by atoms with E-state index in [1.54, 1.807) is 25.3 Å². The Morgan fingerprint density at radius 1 is 1.37 bits per heavy atom. The summed E-state index contributed by atoms with van der Waals surface area (Å²) < 4.78 is 5.27. The molecular weight excluding hydrogens is 262 g/mol. The maximum Gasteiger partial charge on any atom is 0.157 e. The summed E-state index contributed by atoms with van der Waals surface area (Å²) in [4.78, 5) is 12.4. The average Bonchev–Trinajstić information content (AvgIpc) is 2.40. The van der Waals surface area contributed by atoms with E-state index in [-0.39, 0.29) is 5.78 Å². The number of halogens is 1. The maximum atomic E-state index is 12.4. The highest BCUT2D eigenvalue weighted by molar-refractivity contribution is 6.30. The molecular formula is C15H20ClNO2. The maximum absolute atomic E-state index is 12.4. The molecule has 1 aliphatic carbocycles. The first kappa shape index (κ1) is 14.4. The number of carbonyl (C=O) groups is 1. The minimum atomic E-state index is -0.661. The molecule has 104 valence electrons. The van der Waals surface area contributed by atoms with Crippen LogP contribution in [-0.4, -0.2) is 18.4 Å². The first-order valence-electron chi connectivity index (χ1n) is 6.70. The molecule has 0 spiro atoms. The van der Waals surface area contributed by atoms with Crippen molar-refractivity contribution >= 4 is 17.4 Å². The number of ketones is 1. The van der Waals surface area contributed by atoms with Crippen molar-refractivity contribution in [2.75, 3.05) is 7.11 Å². The van der Waals surface area contributed by atoms with Gasteiger partial charge in [0.2, 0.25) is 0 Å². The van der Waals surface area contributed by atoms with Gasteiger partial charge in [-0.1, -0.05) is 30.9 Å². The van der Waals surface area contributed by atoms with Gasteiger partial charge in [0, 0.05) is 17.0 Å². The molecule has 0 heterocycles. The van der Waals surface area contributed by atoms with Crippen molar-refractivity contribution in [2.24, 2.45) is 5.73 Å². The number of Topliss-reactive ketones (excluding diaryl/α,β-unsaturated/α-hetero) is 1. The molecule has 0 radical (unpaired) electrons. The van der Waals surface area contributed by atoms with Crippen molar-refractivity contribution in [3.05, 3.63) is 28.8 Å². The minimum absolute atomic E-state index is 0.0905. The van der Waals surface area contributed by atoms with Crippen LogP contribution in [0, 0.1) is 0 Å². The van der Waals surface area contributed by atoms with E-state index in [1.807, 2.05) is 0 Å². The zero-order valence-electron chi connectivity index (χ0n) is 11.2. The highest BCUT2D eigenvalue weighted by Crippen LogP contribution is 2.30. The Hall–Kier alpha value is -1.06. The molecule has 0 bridgehead atoms. The van der Waals surface area contributed by atoms with Crippen molar-refractivity contribution in [1.29, 1.82) is 0 Å². The molecule has 0 aromatic heterocycles. The number of hydrogen-bond acceptors (Lipinski definition) is 3. The predicted molar refractivity (Wildman–Crippen MR) is 76.7 cm³/mol. The summed E-state index contributed by atoms with van der Waals surface area (Å²) in [6.07, 6.45) is 5.11. The normalized spacial score (nSPS) is 18.1. The molecule has 1 aromatic rings. The number of rotatable bonds is 4. The Balaban J connectivity index is 2.16. The van der Waals surface area contributed by atoms with E-state index in [2.05, 4.69) is 0 Å². The monoisotopic (exact) mass is 281 g/mol. The van der Waals surface area contributed by atoms with Gasteiger partial charge in [0.1, 0.15) is 5.75 Å². The summed E-state index contributed by atoms with van der Waals surface area (Å²) in [5.41, 5.74) is 6.41. The molecule has 1 aromatic carbocycles. The fourth-order valence-corrected chi connectivity index (χ4v) is 2.89. The standard InChI is InChI=1S/C15H20ClNO2/c1-19-13-6-5-12(16)9-11(13)10-14(18)15(17)7-3-2-4-8-15/h5-6,9H,2-4,7-8,10,17H2,1H3. The van der Waals surface area contributed by atoms with E-state index in [9.17, 15) is 4.79 Å². The van der Waals surface area contributed by atoms with Crippen LogP contribution in [0.3, 0.4) is 0 Å². The fourth-order valence-electron chi connectivity index (χ4n) is 2.70. The van der Waals surface area contributed by atoms with Gasteiger partial charge in [-0.3, -0.25) is 4.79 Å². The van der Waals surface area contributed by atoms with Crippen LogP contribution >= 0.6 is 11.6 Å². The molecule has 19 heavy (non-hydrogen) atoms. The second kappa shape index (κ2) is 5.93. The van der Waals surface area contributed by atoms with Gasteiger partial charge in [-0.15, -0.1) is 0 Å². The van der Waals surface area contributed by atoms with Crippen LogP contribution < -0.4 is 10.5 Å². The molecule has 4 heteroatoms. The van der Waals surface area contributed by atoms with Gasteiger partial charge in [-0.25, -0.2) is 0 Å². The van der Waals surface area contributed by atoms with E-state index in [0.717, 1.165) is 31.2 Å². The Kier molecular flexibility index (Phi) is 4.48. The molecule has 0 unspecified atom stereocenters. The lowest BCUT2D eigenvalue weighted by Gasteiger charge is -2.32. The third kappa shape index (κ3) is 3.28. The summed E-state index contributed by atoms with van der Waals surface area (Å²) in [5, 5.41) is 0.610. The molecule has 0 aliphatic heterocycles. The molecule has 0 amide bonds. The Morgan fingerprint density at radius 3 is 2.68 bits per heavy atom. The van der Waals surface area contributed by atoms with Gasteiger partial charge in [0.15, 0.2) is 5.78 Å². The number of hydrogen-bond donors (Lipinski definition) is 1. The summed E-state index contributed by atoms with van der Waals surface area (Å²) in [6, 6.07) is 5.33. The molecule has 0 saturated heterocycles. The molecule has 1 aliphatic rings. The lowest BCUT2D eigenvalue weighted by atomic mass is 9.78. The summed E-state index contributed by atoms with van der Waals surface area (Å²) in [7, 11) is 1.59. The fraction of sp³-hybridized carbons (Fsp3) is 0.533. The number of methoxy groups -OCH3 is 1. The topological polar surface area (TPSA) is 52.3 Å². The van der Waals surface area contributed by atoms with Crippen molar-refractivity contribution in [3.63, 3.8) is 0 Å². The zero-order chi connectivity index (χ0) is 13.9. The smallest absolute Gasteiger partial charge is 0.157 e. The van der Waals surface area contributed by atoms with Crippen LogP contribution in [-0.2, 0) is 11.2 Å². The SMILES string of the molecule is COc1ccc(Cl)cc1CC(=O)C1(N)CCCCC1. The van der Waals surface area contributed by atoms with Gasteiger partial charge in [0.05, 0.1) is 12.6 Å². The van der Waals surface area contributed by atoms with Crippen LogP contribution in [0.5, 0.6) is 5.75 Å². The van der Waals surface area contributed by atoms with E-state index in [1.165, 1.54) is 6.42 Å². The van der Waals surface area contributed by atoms with Gasteiger partial charge in [0.25, 0.3) is 0 Å². The summed E-state index contributed by atoms with van der Waals surface area (Å²) in [6.45, 7) is 0. The average molecular weight is 282 g/mol. The molecule has 3 nitrogen and oxygen atoms in total. The zero-order valence-corrected chi connectivity index (χ0v) is 12.0. The first-order chi connectivity index (χ1) is 9.05. The third-order valence-corrected chi connectivity index (χ3v) is 4.13. The minimum Gasteiger partial charge on any atom is -0.496 e. The van der Waals surface area contributed by atoms with Crippen molar-refractivity contribution < 1.29 is 9.53 Å². The molecule has 0 atom stereocenters. The number of nitrogens with two attached hydrogens (primary N) is 1. The molecule has 2 rings (SSSR count). The Morgan fingerprint density at radius 2 is 2.05 bits per heavy atom. The largest absolute Gasteiger partial charge is 0.496 e. The highest BCUT2D eigenvalue weighted by Gasteiger charge is 2.35. The lowest BCUT2D eigenvalue weighted by Crippen LogP contribution is -2.50. The van der Waals surface area contributed by atoms with Gasteiger partial charge >= 0.3 is 0 Å². The van der Waals surface area contributed by atoms with Gasteiger partial charge < -0.3 is 10.5 Å². The Bertz CT molecular complexity index is 467. The molecule has 1 fully saturated rings. The van der Waals surface area contributed by atoms with E-state index in [4.69, 9.17) is 22.1 Å². The lowest BCUT2D eigenvalue weighted by molar-refractivity contribution is -0.124. The van der Waals surface area contributed by atoms with Crippen molar-refractivity contribution in [2.45, 2.75) is 44.1 Å². The van der Waals surface area contributed by atoms with Crippen LogP contribution in [0.25, 0.3) is 0 Å². The first-order valence-corrected chi connectivity index (χ1v) is 7.07. The van der Waals surface area contributed by atoms with Crippen LogP contribution in [0.15, 0.2) is 18.2 Å². The quantitative estimate of drug-likeness (QED) is 0.922. The van der Waals surface area contributed by atoms with E-state index < -0.39 is 5.54 Å².